The summed E-state index contributed by atoms with van der Waals surface area (Å²) in [6.07, 6.45) is 7.74. The van der Waals surface area contributed by atoms with E-state index in [-0.39, 0.29) is 0 Å². The molecule has 0 aromatic carbocycles. The second kappa shape index (κ2) is 6.05. The molecule has 24 heavy (non-hydrogen) atoms. The molecule has 2 aliphatic heterocycles. The molecule has 4 heterocycles. The third-order valence-electron chi connectivity index (χ3n) is 5.80. The molecule has 3 fully saturated rings. The molecule has 5 nitrogen and oxygen atoms in total. The van der Waals surface area contributed by atoms with Crippen LogP contribution in [0.25, 0.3) is 5.65 Å². The Morgan fingerprint density at radius 2 is 2.00 bits per heavy atom. The highest BCUT2D eigenvalue weighted by molar-refractivity contribution is 5.53. The minimum absolute atomic E-state index is 0.422. The molecule has 1 aliphatic carbocycles. The predicted octanol–water partition coefficient (Wildman–Crippen LogP) is 2.29. The van der Waals surface area contributed by atoms with Crippen LogP contribution in [0.4, 0.5) is 5.82 Å². The Morgan fingerprint density at radius 3 is 2.83 bits per heavy atom. The van der Waals surface area contributed by atoms with Gasteiger partial charge in [0.05, 0.1) is 11.7 Å². The Hall–Kier alpha value is -1.59. The lowest BCUT2D eigenvalue weighted by molar-refractivity contribution is 0.152. The molecular weight excluding hydrogens is 298 g/mol. The van der Waals surface area contributed by atoms with Crippen molar-refractivity contribution in [1.82, 2.24) is 19.6 Å². The zero-order chi connectivity index (χ0) is 15.9. The summed E-state index contributed by atoms with van der Waals surface area (Å²) in [4.78, 5) is 10.2. The Labute approximate surface area is 143 Å². The number of imidazole rings is 1. The van der Waals surface area contributed by atoms with E-state index in [1.54, 1.807) is 0 Å². The molecule has 0 radical (unpaired) electrons. The summed E-state index contributed by atoms with van der Waals surface area (Å²) in [5.74, 6) is 2.24. The van der Waals surface area contributed by atoms with E-state index in [0.717, 1.165) is 31.2 Å². The van der Waals surface area contributed by atoms with Gasteiger partial charge in [0.15, 0.2) is 0 Å². The molecule has 0 amide bonds. The smallest absolute Gasteiger partial charge is 0.138 e. The van der Waals surface area contributed by atoms with Gasteiger partial charge in [0, 0.05) is 45.5 Å². The number of rotatable bonds is 4. The molecule has 2 aromatic rings. The van der Waals surface area contributed by atoms with Crippen LogP contribution < -0.4 is 10.2 Å². The topological polar surface area (TPSA) is 35.8 Å². The molecule has 1 saturated carbocycles. The van der Waals surface area contributed by atoms with Crippen molar-refractivity contribution >= 4 is 11.5 Å². The predicted molar refractivity (Wildman–Crippen MR) is 96.5 cm³/mol. The van der Waals surface area contributed by atoms with Gasteiger partial charge in [-0.25, -0.2) is 4.98 Å². The number of hydrogen-bond acceptors (Lipinski definition) is 4. The van der Waals surface area contributed by atoms with E-state index in [4.69, 9.17) is 4.98 Å². The van der Waals surface area contributed by atoms with E-state index in [2.05, 4.69) is 43.9 Å². The summed E-state index contributed by atoms with van der Waals surface area (Å²) >= 11 is 0. The van der Waals surface area contributed by atoms with Crippen molar-refractivity contribution < 1.29 is 0 Å². The molecule has 5 rings (SSSR count). The van der Waals surface area contributed by atoms with Gasteiger partial charge in [0.1, 0.15) is 11.5 Å². The van der Waals surface area contributed by atoms with Crippen molar-refractivity contribution in [3.63, 3.8) is 0 Å². The first kappa shape index (κ1) is 14.7. The Balaban J connectivity index is 1.48. The van der Waals surface area contributed by atoms with Gasteiger partial charge < -0.3 is 10.2 Å². The van der Waals surface area contributed by atoms with E-state index in [0.29, 0.717) is 6.04 Å². The number of nitrogens with zero attached hydrogens (tertiary/aromatic N) is 4. The molecule has 2 aromatic heterocycles. The molecule has 1 N–H and O–H groups in total. The average molecular weight is 325 g/mol. The van der Waals surface area contributed by atoms with Crippen LogP contribution in [-0.2, 0) is 0 Å². The second-order valence-corrected chi connectivity index (χ2v) is 7.63. The number of aromatic nitrogens is 2. The van der Waals surface area contributed by atoms with Crippen LogP contribution in [0.3, 0.4) is 0 Å². The number of fused-ring (bicyclic) bond motifs is 1. The minimum Gasteiger partial charge on any atom is -0.358 e. The van der Waals surface area contributed by atoms with Crippen LogP contribution in [0.15, 0.2) is 24.4 Å². The summed E-state index contributed by atoms with van der Waals surface area (Å²) in [7, 11) is 0. The van der Waals surface area contributed by atoms with Crippen molar-refractivity contribution in [2.75, 3.05) is 44.2 Å². The van der Waals surface area contributed by atoms with Gasteiger partial charge in [-0.15, -0.1) is 0 Å². The molecule has 1 atom stereocenters. The molecule has 3 aliphatic rings. The zero-order valence-electron chi connectivity index (χ0n) is 14.3. The molecule has 0 spiro atoms. The maximum atomic E-state index is 5.00. The number of hydrogen-bond donors (Lipinski definition) is 1. The van der Waals surface area contributed by atoms with Gasteiger partial charge in [0.2, 0.25) is 0 Å². The van der Waals surface area contributed by atoms with Gasteiger partial charge in [-0.3, -0.25) is 9.30 Å². The van der Waals surface area contributed by atoms with Crippen molar-refractivity contribution in [2.24, 2.45) is 5.92 Å². The summed E-state index contributed by atoms with van der Waals surface area (Å²) < 4.78 is 2.31. The first-order valence-corrected chi connectivity index (χ1v) is 9.56. The number of anilines is 1. The van der Waals surface area contributed by atoms with Crippen LogP contribution in [0.5, 0.6) is 0 Å². The molecule has 128 valence electrons. The zero-order valence-corrected chi connectivity index (χ0v) is 14.3. The fraction of sp³-hybridized carbons (Fsp3) is 0.632. The lowest BCUT2D eigenvalue weighted by Gasteiger charge is -2.35. The SMILES string of the molecule is c1cc(N2CCCC2)n2cc(C3CNCCN3CC3CC3)nc2c1. The van der Waals surface area contributed by atoms with E-state index in [1.807, 2.05) is 0 Å². The fourth-order valence-electron chi connectivity index (χ4n) is 4.27. The Morgan fingerprint density at radius 1 is 1.12 bits per heavy atom. The lowest BCUT2D eigenvalue weighted by atomic mass is 10.1. The van der Waals surface area contributed by atoms with Gasteiger partial charge in [-0.2, -0.15) is 0 Å². The van der Waals surface area contributed by atoms with Crippen LogP contribution in [-0.4, -0.2) is 53.6 Å². The number of piperazine rings is 1. The standard InChI is InChI=1S/C19H27N5/c1-2-10-22(9-1)19-5-3-4-18-21-16(14-24(18)19)17-12-20-8-11-23(17)13-15-6-7-15/h3-5,14-15,17,20H,1-2,6-13H2. The van der Waals surface area contributed by atoms with E-state index in [1.165, 1.54) is 56.8 Å². The Bertz CT molecular complexity index is 714. The highest BCUT2D eigenvalue weighted by Crippen LogP contribution is 2.33. The van der Waals surface area contributed by atoms with Gasteiger partial charge >= 0.3 is 0 Å². The van der Waals surface area contributed by atoms with Crippen molar-refractivity contribution in [2.45, 2.75) is 31.7 Å². The highest BCUT2D eigenvalue weighted by atomic mass is 15.3. The third-order valence-corrected chi connectivity index (χ3v) is 5.80. The van der Waals surface area contributed by atoms with Gasteiger partial charge in [-0.05, 0) is 43.7 Å². The largest absolute Gasteiger partial charge is 0.358 e. The van der Waals surface area contributed by atoms with Crippen LogP contribution in [0.1, 0.15) is 37.4 Å². The first-order valence-electron chi connectivity index (χ1n) is 9.56. The summed E-state index contributed by atoms with van der Waals surface area (Å²) in [5.41, 5.74) is 2.32. The molecule has 5 heteroatoms. The quantitative estimate of drug-likeness (QED) is 0.936. The lowest BCUT2D eigenvalue weighted by Crippen LogP contribution is -2.46. The van der Waals surface area contributed by atoms with E-state index >= 15 is 0 Å². The van der Waals surface area contributed by atoms with Crippen molar-refractivity contribution in [3.8, 4) is 0 Å². The molecular formula is C19H27N5. The molecule has 0 bridgehead atoms. The fourth-order valence-corrected chi connectivity index (χ4v) is 4.27. The first-order chi connectivity index (χ1) is 11.9. The van der Waals surface area contributed by atoms with Crippen LogP contribution >= 0.6 is 0 Å². The van der Waals surface area contributed by atoms with Crippen LogP contribution in [0, 0.1) is 5.92 Å². The highest BCUT2D eigenvalue weighted by Gasteiger charge is 2.31. The van der Waals surface area contributed by atoms with Gasteiger partial charge in [-0.1, -0.05) is 6.07 Å². The normalized spacial score (nSPS) is 25.7. The Kier molecular flexibility index (Phi) is 3.71. The molecule has 2 saturated heterocycles. The summed E-state index contributed by atoms with van der Waals surface area (Å²) in [5, 5.41) is 3.57. The third kappa shape index (κ3) is 2.70. The maximum absolute atomic E-state index is 5.00. The minimum atomic E-state index is 0.422. The maximum Gasteiger partial charge on any atom is 0.138 e. The van der Waals surface area contributed by atoms with Crippen molar-refractivity contribution in [3.05, 3.63) is 30.1 Å². The average Bonchev–Trinajstić information content (AvgIpc) is 3.12. The van der Waals surface area contributed by atoms with E-state index in [9.17, 15) is 0 Å². The summed E-state index contributed by atoms with van der Waals surface area (Å²) in [6, 6.07) is 6.96. The monoisotopic (exact) mass is 325 g/mol. The van der Waals surface area contributed by atoms with Crippen LogP contribution in [0.2, 0.25) is 0 Å². The van der Waals surface area contributed by atoms with Crippen molar-refractivity contribution in [1.29, 1.82) is 0 Å². The second-order valence-electron chi connectivity index (χ2n) is 7.63. The number of nitrogens with one attached hydrogen (secondary N) is 1. The number of pyridine rings is 1. The summed E-state index contributed by atoms with van der Waals surface area (Å²) in [6.45, 7) is 6.87. The van der Waals surface area contributed by atoms with E-state index < -0.39 is 0 Å². The van der Waals surface area contributed by atoms with Gasteiger partial charge in [0.25, 0.3) is 0 Å². The molecule has 1 unspecified atom stereocenters.